The number of benzene rings is 1. The number of aromatic nitrogens is 3. The van der Waals surface area contributed by atoms with E-state index in [4.69, 9.17) is 5.73 Å². The number of rotatable bonds is 6. The maximum Gasteiger partial charge on any atom is 0.234 e. The number of carbonyl (C=O) groups is 1. The van der Waals surface area contributed by atoms with Crippen LogP contribution in [0, 0.1) is 0 Å². The minimum absolute atomic E-state index is 0.0160. The van der Waals surface area contributed by atoms with Crippen LogP contribution < -0.4 is 11.1 Å². The van der Waals surface area contributed by atoms with Crippen LogP contribution in [0.2, 0.25) is 0 Å². The van der Waals surface area contributed by atoms with Gasteiger partial charge >= 0.3 is 0 Å². The second-order valence-corrected chi connectivity index (χ2v) is 4.56. The molecule has 0 fully saturated rings. The molecule has 0 bridgehead atoms. The van der Waals surface area contributed by atoms with E-state index < -0.39 is 0 Å². The predicted molar refractivity (Wildman–Crippen MR) is 75.8 cm³/mol. The summed E-state index contributed by atoms with van der Waals surface area (Å²) in [6.07, 6.45) is 2.86. The summed E-state index contributed by atoms with van der Waals surface area (Å²) in [6, 6.07) is 8.43. The Balaban J connectivity index is 1.93. The highest BCUT2D eigenvalue weighted by Crippen LogP contribution is 2.06. The Hall–Kier alpha value is -2.21. The van der Waals surface area contributed by atoms with Gasteiger partial charge in [0.25, 0.3) is 0 Å². The molecule has 6 heteroatoms. The van der Waals surface area contributed by atoms with Gasteiger partial charge in [0.15, 0.2) is 0 Å². The van der Waals surface area contributed by atoms with Crippen molar-refractivity contribution in [2.45, 2.75) is 26.4 Å². The van der Waals surface area contributed by atoms with Gasteiger partial charge in [0.1, 0.15) is 5.69 Å². The van der Waals surface area contributed by atoms with E-state index in [1.807, 2.05) is 6.20 Å². The Morgan fingerprint density at radius 1 is 1.30 bits per heavy atom. The first-order valence-electron chi connectivity index (χ1n) is 6.65. The number of nitrogens with two attached hydrogens (primary N) is 1. The summed E-state index contributed by atoms with van der Waals surface area (Å²) in [5.74, 6) is -0.199. The molecule has 0 aliphatic heterocycles. The van der Waals surface area contributed by atoms with Crippen LogP contribution in [0.3, 0.4) is 0 Å². The van der Waals surface area contributed by atoms with Crippen LogP contribution in [-0.4, -0.2) is 27.4 Å². The lowest BCUT2D eigenvalue weighted by Crippen LogP contribution is -2.29. The summed E-state index contributed by atoms with van der Waals surface area (Å²) in [7, 11) is 0. The van der Waals surface area contributed by atoms with Gasteiger partial charge < -0.3 is 11.1 Å². The summed E-state index contributed by atoms with van der Waals surface area (Å²) in [5.41, 5.74) is 8.42. The lowest BCUT2D eigenvalue weighted by molar-refractivity contribution is -0.119. The fourth-order valence-electron chi connectivity index (χ4n) is 1.83. The topological polar surface area (TPSA) is 85.8 Å². The first kappa shape index (κ1) is 14.2. The molecule has 0 spiro atoms. The molecule has 0 atom stereocenters. The molecule has 1 aromatic heterocycles. The van der Waals surface area contributed by atoms with Gasteiger partial charge in [0.2, 0.25) is 5.91 Å². The van der Waals surface area contributed by atoms with Crippen molar-refractivity contribution in [3.05, 3.63) is 47.3 Å². The number of carbonyl (C=O) groups excluding carboxylic acids is 1. The molecule has 1 amide bonds. The van der Waals surface area contributed by atoms with E-state index in [-0.39, 0.29) is 12.5 Å². The molecule has 0 radical (unpaired) electrons. The summed E-state index contributed by atoms with van der Waals surface area (Å²) >= 11 is 0. The highest BCUT2D eigenvalue weighted by atomic mass is 16.1. The summed E-state index contributed by atoms with van der Waals surface area (Å²) in [5, 5.41) is 10.7. The Kier molecular flexibility index (Phi) is 4.84. The van der Waals surface area contributed by atoms with E-state index in [9.17, 15) is 4.79 Å². The molecule has 2 aromatic rings. The molecule has 0 aliphatic rings. The standard InChI is InChI=1S/C14H19N5O/c1-2-11-3-5-12(6-4-11)9-19-10-13(17-18-19)8-16-14(20)7-15/h3-6,10H,2,7-9,15H2,1H3,(H,16,20). The van der Waals surface area contributed by atoms with Gasteiger partial charge in [-0.05, 0) is 17.5 Å². The number of aryl methyl sites for hydroxylation is 1. The molecule has 1 aromatic carbocycles. The van der Waals surface area contributed by atoms with Gasteiger partial charge in [-0.25, -0.2) is 4.68 Å². The van der Waals surface area contributed by atoms with Crippen LogP contribution >= 0.6 is 0 Å². The average Bonchev–Trinajstić information content (AvgIpc) is 2.93. The van der Waals surface area contributed by atoms with Gasteiger partial charge in [-0.1, -0.05) is 36.4 Å². The van der Waals surface area contributed by atoms with E-state index in [2.05, 4.69) is 46.8 Å². The zero-order valence-electron chi connectivity index (χ0n) is 11.5. The number of nitrogens with zero attached hydrogens (tertiary/aromatic N) is 3. The minimum Gasteiger partial charge on any atom is -0.349 e. The lowest BCUT2D eigenvalue weighted by Gasteiger charge is -2.02. The van der Waals surface area contributed by atoms with E-state index in [0.29, 0.717) is 13.1 Å². The first-order chi connectivity index (χ1) is 9.71. The van der Waals surface area contributed by atoms with E-state index in [0.717, 1.165) is 12.1 Å². The molecule has 2 rings (SSSR count). The Morgan fingerprint density at radius 2 is 2.00 bits per heavy atom. The molecule has 0 saturated carbocycles. The zero-order valence-corrected chi connectivity index (χ0v) is 11.5. The third kappa shape index (κ3) is 3.89. The Bertz CT molecular complexity index is 561. The second kappa shape index (κ2) is 6.81. The predicted octanol–water partition coefficient (Wildman–Crippen LogP) is 0.464. The van der Waals surface area contributed by atoms with Crippen molar-refractivity contribution in [1.29, 1.82) is 0 Å². The number of hydrogen-bond donors (Lipinski definition) is 2. The Labute approximate surface area is 118 Å². The third-order valence-corrected chi connectivity index (χ3v) is 3.01. The van der Waals surface area contributed by atoms with Crippen LogP contribution in [0.5, 0.6) is 0 Å². The molecular weight excluding hydrogens is 254 g/mol. The fourth-order valence-corrected chi connectivity index (χ4v) is 1.83. The van der Waals surface area contributed by atoms with E-state index in [1.54, 1.807) is 4.68 Å². The maximum absolute atomic E-state index is 11.1. The smallest absolute Gasteiger partial charge is 0.234 e. The van der Waals surface area contributed by atoms with Gasteiger partial charge in [-0.3, -0.25) is 4.79 Å². The quantitative estimate of drug-likeness (QED) is 0.801. The van der Waals surface area contributed by atoms with Crippen molar-refractivity contribution in [1.82, 2.24) is 20.3 Å². The normalized spacial score (nSPS) is 10.5. The molecular formula is C14H19N5O. The SMILES string of the molecule is CCc1ccc(Cn2cc(CNC(=O)CN)nn2)cc1. The average molecular weight is 273 g/mol. The fraction of sp³-hybridized carbons (Fsp3) is 0.357. The summed E-state index contributed by atoms with van der Waals surface area (Å²) in [6.45, 7) is 3.14. The largest absolute Gasteiger partial charge is 0.349 e. The summed E-state index contributed by atoms with van der Waals surface area (Å²) in [4.78, 5) is 11.1. The van der Waals surface area contributed by atoms with Gasteiger partial charge in [0.05, 0.1) is 25.8 Å². The van der Waals surface area contributed by atoms with Crippen molar-refractivity contribution in [3.8, 4) is 0 Å². The first-order valence-corrected chi connectivity index (χ1v) is 6.65. The number of nitrogens with one attached hydrogen (secondary N) is 1. The number of hydrogen-bond acceptors (Lipinski definition) is 4. The van der Waals surface area contributed by atoms with Crippen LogP contribution in [0.15, 0.2) is 30.5 Å². The minimum atomic E-state index is -0.199. The van der Waals surface area contributed by atoms with Crippen LogP contribution in [0.1, 0.15) is 23.7 Å². The molecule has 0 aliphatic carbocycles. The second-order valence-electron chi connectivity index (χ2n) is 4.56. The summed E-state index contributed by atoms with van der Waals surface area (Å²) < 4.78 is 1.75. The van der Waals surface area contributed by atoms with E-state index in [1.165, 1.54) is 11.1 Å². The van der Waals surface area contributed by atoms with Gasteiger partial charge in [0, 0.05) is 0 Å². The van der Waals surface area contributed by atoms with E-state index >= 15 is 0 Å². The van der Waals surface area contributed by atoms with Crippen LogP contribution in [0.4, 0.5) is 0 Å². The van der Waals surface area contributed by atoms with Crippen LogP contribution in [-0.2, 0) is 24.3 Å². The van der Waals surface area contributed by atoms with Crippen molar-refractivity contribution in [2.24, 2.45) is 5.73 Å². The number of amides is 1. The van der Waals surface area contributed by atoms with Gasteiger partial charge in [-0.15, -0.1) is 5.10 Å². The molecule has 3 N–H and O–H groups in total. The monoisotopic (exact) mass is 273 g/mol. The zero-order chi connectivity index (χ0) is 14.4. The molecule has 0 unspecified atom stereocenters. The third-order valence-electron chi connectivity index (χ3n) is 3.01. The highest BCUT2D eigenvalue weighted by molar-refractivity contribution is 5.77. The van der Waals surface area contributed by atoms with Gasteiger partial charge in [-0.2, -0.15) is 0 Å². The molecule has 6 nitrogen and oxygen atoms in total. The van der Waals surface area contributed by atoms with Crippen molar-refractivity contribution in [2.75, 3.05) is 6.54 Å². The molecule has 106 valence electrons. The lowest BCUT2D eigenvalue weighted by atomic mass is 10.1. The van der Waals surface area contributed by atoms with Crippen molar-refractivity contribution < 1.29 is 4.79 Å². The Morgan fingerprint density at radius 3 is 2.65 bits per heavy atom. The maximum atomic E-state index is 11.1. The molecule has 1 heterocycles. The van der Waals surface area contributed by atoms with Crippen molar-refractivity contribution >= 4 is 5.91 Å². The van der Waals surface area contributed by atoms with Crippen LogP contribution in [0.25, 0.3) is 0 Å². The molecule has 20 heavy (non-hydrogen) atoms. The van der Waals surface area contributed by atoms with Crippen molar-refractivity contribution in [3.63, 3.8) is 0 Å². The molecule has 0 saturated heterocycles. The highest BCUT2D eigenvalue weighted by Gasteiger charge is 2.03.